The van der Waals surface area contributed by atoms with Crippen LogP contribution in [0.25, 0.3) is 0 Å². The summed E-state index contributed by atoms with van der Waals surface area (Å²) in [7, 11) is 0. The first kappa shape index (κ1) is 34.4. The lowest BCUT2D eigenvalue weighted by atomic mass is 10.0. The van der Waals surface area contributed by atoms with Crippen molar-refractivity contribution in [1.29, 1.82) is 0 Å². The minimum absolute atomic E-state index is 0.0362. The van der Waals surface area contributed by atoms with Crippen LogP contribution >= 0.6 is 0 Å². The largest absolute Gasteiger partial charge is 0.480 e. The third kappa shape index (κ3) is 13.6. The molecule has 1 unspecified atom stereocenters. The number of carboxylic acids is 3. The Hall–Kier alpha value is -2.85. The van der Waals surface area contributed by atoms with Crippen molar-refractivity contribution >= 4 is 29.7 Å². The van der Waals surface area contributed by atoms with Gasteiger partial charge in [-0.05, 0) is 19.3 Å². The van der Waals surface area contributed by atoms with Gasteiger partial charge in [-0.3, -0.25) is 43.6 Å². The minimum atomic E-state index is -1.01. The second-order valence-corrected chi connectivity index (χ2v) is 10.8. The molecule has 0 aromatic heterocycles. The van der Waals surface area contributed by atoms with Gasteiger partial charge in [0.2, 0.25) is 11.8 Å². The summed E-state index contributed by atoms with van der Waals surface area (Å²) in [6.07, 6.45) is 2.70. The number of carbonyl (C=O) groups excluding carboxylic acids is 2. The lowest BCUT2D eigenvalue weighted by Gasteiger charge is -2.36. The summed E-state index contributed by atoms with van der Waals surface area (Å²) in [4.78, 5) is 68.5. The van der Waals surface area contributed by atoms with Crippen LogP contribution in [0.4, 0.5) is 0 Å². The smallest absolute Gasteiger partial charge is 0.317 e. The number of aliphatic carboxylic acids is 3. The molecule has 15 nitrogen and oxygen atoms in total. The van der Waals surface area contributed by atoms with E-state index in [0.29, 0.717) is 84.7 Å². The first-order chi connectivity index (χ1) is 19.5. The number of rotatable bonds is 12. The highest BCUT2D eigenvalue weighted by Crippen LogP contribution is 2.12. The van der Waals surface area contributed by atoms with Crippen molar-refractivity contribution in [3.8, 4) is 0 Å². The highest BCUT2D eigenvalue weighted by Gasteiger charge is 2.27. The van der Waals surface area contributed by atoms with E-state index in [9.17, 15) is 39.3 Å². The Morgan fingerprint density at radius 1 is 0.683 bits per heavy atom. The molecule has 2 aliphatic heterocycles. The molecule has 0 aromatic rings. The summed E-state index contributed by atoms with van der Waals surface area (Å²) >= 11 is 0. The van der Waals surface area contributed by atoms with E-state index < -0.39 is 23.9 Å². The molecule has 2 aliphatic rings. The molecular weight excluding hydrogens is 538 g/mol. The van der Waals surface area contributed by atoms with Gasteiger partial charge in [0, 0.05) is 71.5 Å². The Bertz CT molecular complexity index is 852. The van der Waals surface area contributed by atoms with Crippen molar-refractivity contribution in [1.82, 2.24) is 29.8 Å². The highest BCUT2D eigenvalue weighted by atomic mass is 16.4. The molecule has 2 saturated heterocycles. The van der Waals surface area contributed by atoms with Crippen LogP contribution in [0, 0.1) is 0 Å². The van der Waals surface area contributed by atoms with Crippen molar-refractivity contribution in [3.05, 3.63) is 0 Å². The van der Waals surface area contributed by atoms with Crippen LogP contribution in [0.1, 0.15) is 32.6 Å². The number of nitrogens with one attached hydrogen (secondary N) is 1. The fourth-order valence-electron chi connectivity index (χ4n) is 5.10. The number of hydrogen-bond acceptors (Lipinski definition) is 10. The zero-order chi connectivity index (χ0) is 30.4. The van der Waals surface area contributed by atoms with E-state index in [1.807, 2.05) is 11.8 Å². The Balaban J connectivity index is 2.02. The van der Waals surface area contributed by atoms with Gasteiger partial charge in [-0.15, -0.1) is 0 Å². The Morgan fingerprint density at radius 2 is 1.05 bits per heavy atom. The summed E-state index contributed by atoms with van der Waals surface area (Å²) in [5.74, 6) is -3.25. The summed E-state index contributed by atoms with van der Waals surface area (Å²) < 4.78 is 0. The third-order valence-corrected chi connectivity index (χ3v) is 7.50. The van der Waals surface area contributed by atoms with Gasteiger partial charge in [0.15, 0.2) is 0 Å². The minimum Gasteiger partial charge on any atom is -0.480 e. The first-order valence-electron chi connectivity index (χ1n) is 14.3. The van der Waals surface area contributed by atoms with Crippen LogP contribution in [0.15, 0.2) is 0 Å². The number of hydrogen-bond donors (Lipinski definition) is 5. The molecule has 1 atom stereocenters. The van der Waals surface area contributed by atoms with Gasteiger partial charge >= 0.3 is 17.9 Å². The quantitative estimate of drug-likeness (QED) is 0.164. The monoisotopic (exact) mass is 585 g/mol. The van der Waals surface area contributed by atoms with Crippen LogP contribution in [0.5, 0.6) is 0 Å². The zero-order valence-corrected chi connectivity index (χ0v) is 24.1. The number of piperidine rings is 1. The van der Waals surface area contributed by atoms with Crippen molar-refractivity contribution in [2.75, 3.05) is 91.6 Å². The normalized spacial score (nSPS) is 20.5. The summed E-state index contributed by atoms with van der Waals surface area (Å²) in [6.45, 7) is 5.17. The van der Waals surface area contributed by atoms with E-state index >= 15 is 0 Å². The van der Waals surface area contributed by atoms with E-state index in [1.165, 1.54) is 0 Å². The molecule has 234 valence electrons. The Labute approximate surface area is 241 Å². The average Bonchev–Trinajstić information content (AvgIpc) is 2.89. The van der Waals surface area contributed by atoms with Crippen LogP contribution < -0.4 is 11.1 Å². The number of amides is 2. The average molecular weight is 586 g/mol. The van der Waals surface area contributed by atoms with Crippen molar-refractivity contribution < 1.29 is 39.3 Å². The van der Waals surface area contributed by atoms with Gasteiger partial charge in [0.25, 0.3) is 0 Å². The van der Waals surface area contributed by atoms with Gasteiger partial charge in [0.1, 0.15) is 0 Å². The molecule has 0 saturated carbocycles. The Kier molecular flexibility index (Phi) is 15.0. The molecule has 6 N–H and O–H groups in total. The van der Waals surface area contributed by atoms with Crippen LogP contribution in [-0.2, 0) is 24.0 Å². The number of carbonyl (C=O) groups is 5. The summed E-state index contributed by atoms with van der Waals surface area (Å²) in [5.41, 5.74) is 5.91. The molecule has 0 aromatic carbocycles. The number of likely N-dealkylation sites (tertiary alicyclic amines) is 1. The van der Waals surface area contributed by atoms with Crippen molar-refractivity contribution in [2.45, 2.75) is 44.7 Å². The van der Waals surface area contributed by atoms with Crippen LogP contribution in [-0.4, -0.2) is 173 Å². The molecule has 0 aliphatic carbocycles. The summed E-state index contributed by atoms with van der Waals surface area (Å²) in [6, 6.07) is -0.568. The Morgan fingerprint density at radius 3 is 1.39 bits per heavy atom. The molecule has 2 fully saturated rings. The molecule has 2 amide bonds. The second-order valence-electron chi connectivity index (χ2n) is 10.8. The van der Waals surface area contributed by atoms with E-state index in [0.717, 1.165) is 6.42 Å². The van der Waals surface area contributed by atoms with Gasteiger partial charge < -0.3 is 31.3 Å². The predicted octanol–water partition coefficient (Wildman–Crippen LogP) is -2.30. The predicted molar refractivity (Wildman–Crippen MR) is 149 cm³/mol. The molecule has 0 bridgehead atoms. The number of nitrogens with two attached hydrogens (primary N) is 1. The van der Waals surface area contributed by atoms with E-state index in [2.05, 4.69) is 5.32 Å². The highest BCUT2D eigenvalue weighted by molar-refractivity contribution is 5.82. The van der Waals surface area contributed by atoms with Gasteiger partial charge in [0.05, 0.1) is 32.2 Å². The topological polar surface area (TPSA) is 200 Å². The lowest BCUT2D eigenvalue weighted by Crippen LogP contribution is -2.53. The fourth-order valence-corrected chi connectivity index (χ4v) is 5.10. The molecule has 15 heteroatoms. The fraction of sp³-hybridized carbons (Fsp3) is 0.808. The van der Waals surface area contributed by atoms with Crippen LogP contribution in [0.3, 0.4) is 0 Å². The van der Waals surface area contributed by atoms with E-state index in [1.54, 1.807) is 19.6 Å². The molecular formula is C26H47N7O8. The van der Waals surface area contributed by atoms with E-state index in [4.69, 9.17) is 5.73 Å². The molecule has 0 radical (unpaired) electrons. The SMILES string of the molecule is CCCC(N)C(=O)NC1CCN(C(=O)CN2CCN(CC(=O)O)CCN(CC(=O)O)CCN(CC(=O)O)CC2)CC1. The van der Waals surface area contributed by atoms with Gasteiger partial charge in [-0.25, -0.2) is 0 Å². The number of nitrogens with zero attached hydrogens (tertiary/aromatic N) is 5. The summed E-state index contributed by atoms with van der Waals surface area (Å²) in [5, 5.41) is 31.0. The standard InChI is InChI=1S/C26H47N7O8/c1-2-3-21(27)26(41)28-20-4-6-33(7-5-20)22(34)16-29-8-10-30(17-23(35)36)12-14-32(19-25(39)40)15-13-31(11-9-29)18-24(37)38/h20-21H,2-19,27H2,1H3,(H,28,41)(H,35,36)(H,37,38)(H,39,40). The molecule has 0 spiro atoms. The molecule has 2 rings (SSSR count). The second kappa shape index (κ2) is 17.9. The number of carboxylic acid groups (broad SMARTS) is 3. The third-order valence-electron chi connectivity index (χ3n) is 7.50. The van der Waals surface area contributed by atoms with Gasteiger partial charge in [-0.2, -0.15) is 0 Å². The first-order valence-corrected chi connectivity index (χ1v) is 14.3. The molecule has 2 heterocycles. The van der Waals surface area contributed by atoms with E-state index in [-0.39, 0.29) is 44.0 Å². The van der Waals surface area contributed by atoms with Gasteiger partial charge in [-0.1, -0.05) is 13.3 Å². The maximum atomic E-state index is 13.2. The van der Waals surface area contributed by atoms with Crippen molar-refractivity contribution in [2.24, 2.45) is 5.73 Å². The maximum absolute atomic E-state index is 13.2. The van der Waals surface area contributed by atoms with Crippen molar-refractivity contribution in [3.63, 3.8) is 0 Å². The molecule has 41 heavy (non-hydrogen) atoms. The van der Waals surface area contributed by atoms with Crippen LogP contribution in [0.2, 0.25) is 0 Å². The lowest BCUT2D eigenvalue weighted by molar-refractivity contribution is -0.141. The zero-order valence-electron chi connectivity index (χ0n) is 24.1. The maximum Gasteiger partial charge on any atom is 0.317 e.